The predicted molar refractivity (Wildman–Crippen MR) is 108 cm³/mol. The molecule has 0 radical (unpaired) electrons. The molecule has 1 aliphatic heterocycles. The number of carbonyl (C=O) groups is 2. The van der Waals surface area contributed by atoms with Crippen LogP contribution in [0.15, 0.2) is 41.3 Å². The molecule has 140 valence electrons. The number of thioether (sulfide) groups is 1. The van der Waals surface area contributed by atoms with Gasteiger partial charge in [-0.15, -0.1) is 0 Å². The number of ether oxygens (including phenoxy) is 2. The van der Waals surface area contributed by atoms with Crippen molar-refractivity contribution in [3.63, 3.8) is 0 Å². The van der Waals surface area contributed by atoms with Gasteiger partial charge in [-0.05, 0) is 42.1 Å². The van der Waals surface area contributed by atoms with Crippen molar-refractivity contribution in [1.82, 2.24) is 4.90 Å². The second-order valence-corrected chi connectivity index (χ2v) is 7.38. The summed E-state index contributed by atoms with van der Waals surface area (Å²) in [5.41, 5.74) is 1.20. The van der Waals surface area contributed by atoms with E-state index in [1.807, 2.05) is 0 Å². The summed E-state index contributed by atoms with van der Waals surface area (Å²) >= 11 is 13.2. The van der Waals surface area contributed by atoms with Crippen LogP contribution < -0.4 is 9.47 Å². The fourth-order valence-electron chi connectivity index (χ4n) is 2.56. The lowest BCUT2D eigenvalue weighted by Crippen LogP contribution is -2.27. The van der Waals surface area contributed by atoms with Crippen LogP contribution in [0.1, 0.15) is 11.1 Å². The molecule has 0 aromatic heterocycles. The summed E-state index contributed by atoms with van der Waals surface area (Å²) in [7, 11) is 3.08. The number of nitrogens with zero attached hydrogens (tertiary/aromatic N) is 1. The van der Waals surface area contributed by atoms with Gasteiger partial charge in [0.2, 0.25) is 0 Å². The number of halogens is 2. The zero-order valence-corrected chi connectivity index (χ0v) is 16.8. The first-order chi connectivity index (χ1) is 12.9. The van der Waals surface area contributed by atoms with Crippen LogP contribution in [0.25, 0.3) is 6.08 Å². The fraction of sp³-hybridized carbons (Fsp3) is 0.158. The summed E-state index contributed by atoms with van der Waals surface area (Å²) < 4.78 is 10.5. The normalized spacial score (nSPS) is 15.6. The highest BCUT2D eigenvalue weighted by atomic mass is 35.5. The van der Waals surface area contributed by atoms with Crippen molar-refractivity contribution in [3.8, 4) is 11.5 Å². The summed E-state index contributed by atoms with van der Waals surface area (Å²) in [6.07, 6.45) is 1.62. The van der Waals surface area contributed by atoms with E-state index in [9.17, 15) is 9.59 Å². The molecule has 1 heterocycles. The predicted octanol–water partition coefficient (Wildman–Crippen LogP) is 5.25. The quantitative estimate of drug-likeness (QED) is 0.614. The second kappa shape index (κ2) is 8.25. The van der Waals surface area contributed by atoms with Gasteiger partial charge in [-0.2, -0.15) is 0 Å². The van der Waals surface area contributed by atoms with Gasteiger partial charge in [-0.1, -0.05) is 29.3 Å². The highest BCUT2D eigenvalue weighted by Crippen LogP contribution is 2.37. The number of carbonyl (C=O) groups excluding carboxylic acids is 2. The maximum Gasteiger partial charge on any atom is 0.293 e. The molecule has 27 heavy (non-hydrogen) atoms. The Morgan fingerprint density at radius 3 is 2.41 bits per heavy atom. The van der Waals surface area contributed by atoms with Crippen LogP contribution in [0.3, 0.4) is 0 Å². The lowest BCUT2D eigenvalue weighted by molar-refractivity contribution is -0.123. The Morgan fingerprint density at radius 1 is 1.07 bits per heavy atom. The van der Waals surface area contributed by atoms with Crippen LogP contribution in [0.5, 0.6) is 11.5 Å². The molecule has 2 aromatic carbocycles. The number of hydrogen-bond acceptors (Lipinski definition) is 5. The summed E-state index contributed by atoms with van der Waals surface area (Å²) in [5, 5.41) is 0.430. The minimum atomic E-state index is -0.404. The van der Waals surface area contributed by atoms with Crippen LogP contribution in [-0.2, 0) is 11.3 Å². The van der Waals surface area contributed by atoms with Crippen molar-refractivity contribution in [3.05, 3.63) is 62.5 Å². The van der Waals surface area contributed by atoms with Crippen LogP contribution >= 0.6 is 35.0 Å². The first-order valence-corrected chi connectivity index (χ1v) is 9.42. The third-order valence-corrected chi connectivity index (χ3v) is 5.59. The van der Waals surface area contributed by atoms with Gasteiger partial charge in [-0.25, -0.2) is 0 Å². The van der Waals surface area contributed by atoms with E-state index in [0.717, 1.165) is 16.7 Å². The van der Waals surface area contributed by atoms with Gasteiger partial charge in [0.25, 0.3) is 11.1 Å². The molecule has 8 heteroatoms. The number of amides is 2. The molecule has 1 fully saturated rings. The first kappa shape index (κ1) is 19.6. The van der Waals surface area contributed by atoms with E-state index in [2.05, 4.69) is 0 Å². The Bertz CT molecular complexity index is 925. The fourth-order valence-corrected chi connectivity index (χ4v) is 3.90. The molecule has 1 saturated heterocycles. The van der Waals surface area contributed by atoms with E-state index in [1.165, 1.54) is 7.11 Å². The molecule has 0 N–H and O–H groups in total. The number of imide groups is 1. The van der Waals surface area contributed by atoms with Crippen molar-refractivity contribution in [2.24, 2.45) is 0 Å². The topological polar surface area (TPSA) is 55.8 Å². The standard InChI is InChI=1S/C19H15Cl2NO4S/c1-25-12-7-6-11(16(9-12)26-2)8-17-18(23)22(19(24)27-17)10-13-14(20)4-3-5-15(13)21/h3-9H,10H2,1-2H3/b17-8+. The van der Waals surface area contributed by atoms with E-state index >= 15 is 0 Å². The molecular weight excluding hydrogens is 409 g/mol. The lowest BCUT2D eigenvalue weighted by atomic mass is 10.1. The molecule has 0 bridgehead atoms. The Balaban J connectivity index is 1.89. The average Bonchev–Trinajstić information content (AvgIpc) is 2.92. The number of hydrogen-bond donors (Lipinski definition) is 0. The maximum atomic E-state index is 12.7. The highest BCUT2D eigenvalue weighted by molar-refractivity contribution is 8.18. The van der Waals surface area contributed by atoms with E-state index in [4.69, 9.17) is 32.7 Å². The minimum Gasteiger partial charge on any atom is -0.497 e. The van der Waals surface area contributed by atoms with Gasteiger partial charge in [0.05, 0.1) is 25.7 Å². The molecule has 0 atom stereocenters. The molecule has 0 unspecified atom stereocenters. The van der Waals surface area contributed by atoms with Crippen LogP contribution in [0.4, 0.5) is 4.79 Å². The molecule has 0 saturated carbocycles. The van der Waals surface area contributed by atoms with Crippen molar-refractivity contribution < 1.29 is 19.1 Å². The lowest BCUT2D eigenvalue weighted by Gasteiger charge is -2.14. The third kappa shape index (κ3) is 4.08. The maximum absolute atomic E-state index is 12.7. The van der Waals surface area contributed by atoms with Crippen LogP contribution in [-0.4, -0.2) is 30.3 Å². The molecule has 2 amide bonds. The van der Waals surface area contributed by atoms with E-state index in [0.29, 0.717) is 37.6 Å². The van der Waals surface area contributed by atoms with Crippen molar-refractivity contribution in [2.75, 3.05) is 14.2 Å². The Morgan fingerprint density at radius 2 is 1.78 bits per heavy atom. The van der Waals surface area contributed by atoms with E-state index in [-0.39, 0.29) is 11.8 Å². The molecule has 5 nitrogen and oxygen atoms in total. The van der Waals surface area contributed by atoms with Gasteiger partial charge in [0.1, 0.15) is 11.5 Å². The molecule has 0 spiro atoms. The van der Waals surface area contributed by atoms with Gasteiger partial charge in [0.15, 0.2) is 0 Å². The van der Waals surface area contributed by atoms with Crippen LogP contribution in [0.2, 0.25) is 10.0 Å². The average molecular weight is 424 g/mol. The summed E-state index contributed by atoms with van der Waals surface area (Å²) in [4.78, 5) is 26.5. The van der Waals surface area contributed by atoms with Gasteiger partial charge < -0.3 is 9.47 Å². The SMILES string of the molecule is COc1ccc(/C=C2/SC(=O)N(Cc3c(Cl)cccc3Cl)C2=O)c(OC)c1. The molecule has 0 aliphatic carbocycles. The monoisotopic (exact) mass is 423 g/mol. The zero-order valence-electron chi connectivity index (χ0n) is 14.5. The first-order valence-electron chi connectivity index (χ1n) is 7.85. The van der Waals surface area contributed by atoms with Gasteiger partial charge in [0, 0.05) is 27.2 Å². The van der Waals surface area contributed by atoms with Crippen LogP contribution in [0, 0.1) is 0 Å². The Kier molecular flexibility index (Phi) is 5.99. The Labute approximate surface area is 170 Å². The second-order valence-electron chi connectivity index (χ2n) is 5.58. The molecular formula is C19H15Cl2NO4S. The smallest absolute Gasteiger partial charge is 0.293 e. The highest BCUT2D eigenvalue weighted by Gasteiger charge is 2.35. The summed E-state index contributed by atoms with van der Waals surface area (Å²) in [6, 6.07) is 10.3. The van der Waals surface area contributed by atoms with Gasteiger partial charge >= 0.3 is 0 Å². The van der Waals surface area contributed by atoms with E-state index in [1.54, 1.807) is 49.6 Å². The summed E-state index contributed by atoms with van der Waals surface area (Å²) in [5.74, 6) is 0.764. The summed E-state index contributed by atoms with van der Waals surface area (Å²) in [6.45, 7) is 0.0141. The van der Waals surface area contributed by atoms with Crippen molar-refractivity contribution in [1.29, 1.82) is 0 Å². The number of methoxy groups -OCH3 is 2. The third-order valence-electron chi connectivity index (χ3n) is 3.98. The van der Waals surface area contributed by atoms with Crippen molar-refractivity contribution in [2.45, 2.75) is 6.54 Å². The molecule has 2 aromatic rings. The largest absolute Gasteiger partial charge is 0.497 e. The zero-order chi connectivity index (χ0) is 19.6. The molecule has 1 aliphatic rings. The van der Waals surface area contributed by atoms with Gasteiger partial charge in [-0.3, -0.25) is 14.5 Å². The molecule has 3 rings (SSSR count). The number of rotatable bonds is 5. The Hall–Kier alpha value is -2.15. The number of benzene rings is 2. The van der Waals surface area contributed by atoms with E-state index < -0.39 is 5.91 Å². The minimum absolute atomic E-state index is 0.0141. The van der Waals surface area contributed by atoms with Crippen molar-refractivity contribution >= 4 is 52.2 Å².